The summed E-state index contributed by atoms with van der Waals surface area (Å²) in [5, 5.41) is 7.05. The predicted molar refractivity (Wildman–Crippen MR) is 81.0 cm³/mol. The Morgan fingerprint density at radius 3 is 2.43 bits per heavy atom. The number of nitrogens with one attached hydrogen (secondary N) is 1. The molecule has 110 valence electrons. The van der Waals surface area contributed by atoms with Crippen molar-refractivity contribution in [3.05, 3.63) is 36.8 Å². The van der Waals surface area contributed by atoms with Crippen molar-refractivity contribution in [3.63, 3.8) is 0 Å². The van der Waals surface area contributed by atoms with E-state index in [1.165, 1.54) is 0 Å². The van der Waals surface area contributed by atoms with Crippen molar-refractivity contribution in [1.29, 1.82) is 0 Å². The maximum absolute atomic E-state index is 12.4. The van der Waals surface area contributed by atoms with Gasteiger partial charge in [0.1, 0.15) is 5.82 Å². The first-order valence-electron chi connectivity index (χ1n) is 7.11. The second kappa shape index (κ2) is 4.41. The van der Waals surface area contributed by atoms with Crippen molar-refractivity contribution >= 4 is 11.7 Å². The number of amides is 1. The molecule has 1 fully saturated rings. The van der Waals surface area contributed by atoms with Crippen molar-refractivity contribution in [3.8, 4) is 5.69 Å². The van der Waals surface area contributed by atoms with Gasteiger partial charge in [-0.15, -0.1) is 0 Å². The Balaban J connectivity index is 1.71. The maximum atomic E-state index is 12.4. The summed E-state index contributed by atoms with van der Waals surface area (Å²) in [6.07, 6.45) is 5.27. The Labute approximate surface area is 124 Å². The summed E-state index contributed by atoms with van der Waals surface area (Å²) < 4.78 is 1.73. The summed E-state index contributed by atoms with van der Waals surface area (Å²) >= 11 is 0. The summed E-state index contributed by atoms with van der Waals surface area (Å²) in [7, 11) is 0. The highest BCUT2D eigenvalue weighted by atomic mass is 16.2. The summed E-state index contributed by atoms with van der Waals surface area (Å²) in [4.78, 5) is 16.6. The van der Waals surface area contributed by atoms with Crippen molar-refractivity contribution < 1.29 is 4.79 Å². The molecule has 0 radical (unpaired) electrons. The molecule has 0 aliphatic heterocycles. The summed E-state index contributed by atoms with van der Waals surface area (Å²) in [5.41, 5.74) is 0.933. The van der Waals surface area contributed by atoms with Crippen LogP contribution in [-0.4, -0.2) is 20.7 Å². The van der Waals surface area contributed by atoms with E-state index in [0.29, 0.717) is 5.82 Å². The third kappa shape index (κ3) is 2.13. The molecule has 0 aromatic carbocycles. The quantitative estimate of drug-likeness (QED) is 0.942. The number of carbonyl (C=O) groups is 1. The van der Waals surface area contributed by atoms with Crippen LogP contribution in [0.25, 0.3) is 5.69 Å². The SMILES string of the molecule is CC1(C)C(C(=O)Nc2ccc(-n3cccn3)cn2)C1(C)C. The van der Waals surface area contributed by atoms with Crippen LogP contribution in [0, 0.1) is 16.7 Å². The molecule has 0 bridgehead atoms. The van der Waals surface area contributed by atoms with Crippen molar-refractivity contribution in [2.45, 2.75) is 27.7 Å². The molecule has 2 heterocycles. The third-order valence-corrected chi connectivity index (χ3v) is 5.05. The normalized spacial score (nSPS) is 19.2. The number of hydrogen-bond acceptors (Lipinski definition) is 3. The van der Waals surface area contributed by atoms with E-state index in [1.54, 1.807) is 23.1 Å². The molecule has 1 aliphatic rings. The average Bonchev–Trinajstić information content (AvgIpc) is 2.80. The number of anilines is 1. The minimum atomic E-state index is 0.0255. The smallest absolute Gasteiger partial charge is 0.229 e. The second-order valence-corrected chi connectivity index (χ2v) is 6.72. The zero-order valence-corrected chi connectivity index (χ0v) is 12.8. The lowest BCUT2D eigenvalue weighted by atomic mass is 10.0. The molecule has 21 heavy (non-hydrogen) atoms. The maximum Gasteiger partial charge on any atom is 0.229 e. The van der Waals surface area contributed by atoms with Gasteiger partial charge in [-0.1, -0.05) is 27.7 Å². The highest BCUT2D eigenvalue weighted by molar-refractivity contribution is 5.95. The van der Waals surface area contributed by atoms with Gasteiger partial charge in [0.15, 0.2) is 0 Å². The summed E-state index contributed by atoms with van der Waals surface area (Å²) in [5.74, 6) is 0.649. The van der Waals surface area contributed by atoms with E-state index in [0.717, 1.165) is 5.69 Å². The standard InChI is InChI=1S/C16H20N4O/c1-15(2)13(16(15,3)4)14(21)19-12-7-6-11(10-17-12)20-9-5-8-18-20/h5-10,13H,1-4H3,(H,17,19,21). The van der Waals surface area contributed by atoms with Gasteiger partial charge < -0.3 is 5.32 Å². The molecule has 1 aliphatic carbocycles. The Morgan fingerprint density at radius 1 is 1.24 bits per heavy atom. The molecule has 2 aromatic heterocycles. The lowest BCUT2D eigenvalue weighted by Crippen LogP contribution is -2.18. The van der Waals surface area contributed by atoms with Gasteiger partial charge in [-0.25, -0.2) is 9.67 Å². The lowest BCUT2D eigenvalue weighted by molar-refractivity contribution is -0.118. The zero-order chi connectivity index (χ0) is 15.3. The summed E-state index contributed by atoms with van der Waals surface area (Å²) in [6.45, 7) is 8.52. The van der Waals surface area contributed by atoms with Gasteiger partial charge in [0, 0.05) is 18.3 Å². The van der Waals surface area contributed by atoms with Crippen LogP contribution in [0.2, 0.25) is 0 Å². The zero-order valence-electron chi connectivity index (χ0n) is 12.8. The average molecular weight is 284 g/mol. The Kier molecular flexibility index (Phi) is 2.90. The van der Waals surface area contributed by atoms with E-state index in [-0.39, 0.29) is 22.7 Å². The number of rotatable bonds is 3. The van der Waals surface area contributed by atoms with Crippen LogP contribution < -0.4 is 5.32 Å². The van der Waals surface area contributed by atoms with Gasteiger partial charge in [-0.05, 0) is 29.0 Å². The third-order valence-electron chi connectivity index (χ3n) is 5.05. The van der Waals surface area contributed by atoms with Gasteiger partial charge in [-0.3, -0.25) is 4.79 Å². The van der Waals surface area contributed by atoms with Crippen molar-refractivity contribution in [1.82, 2.24) is 14.8 Å². The molecule has 0 atom stereocenters. The van der Waals surface area contributed by atoms with Crippen LogP contribution in [0.3, 0.4) is 0 Å². The fraction of sp³-hybridized carbons (Fsp3) is 0.438. The largest absolute Gasteiger partial charge is 0.310 e. The highest BCUT2D eigenvalue weighted by Gasteiger charge is 2.68. The van der Waals surface area contributed by atoms with Gasteiger partial charge in [0.05, 0.1) is 11.9 Å². The van der Waals surface area contributed by atoms with E-state index >= 15 is 0 Å². The van der Waals surface area contributed by atoms with Crippen LogP contribution >= 0.6 is 0 Å². The first kappa shape index (κ1) is 13.8. The number of pyridine rings is 1. The topological polar surface area (TPSA) is 59.8 Å². The van der Waals surface area contributed by atoms with Crippen LogP contribution in [-0.2, 0) is 4.79 Å². The van der Waals surface area contributed by atoms with Crippen molar-refractivity contribution in [2.24, 2.45) is 16.7 Å². The van der Waals surface area contributed by atoms with E-state index in [9.17, 15) is 4.79 Å². The number of hydrogen-bond donors (Lipinski definition) is 1. The Bertz CT molecular complexity index is 642. The van der Waals surface area contributed by atoms with E-state index < -0.39 is 0 Å². The highest BCUT2D eigenvalue weighted by Crippen LogP contribution is 2.68. The molecule has 5 heteroatoms. The van der Waals surface area contributed by atoms with Crippen LogP contribution in [0.1, 0.15) is 27.7 Å². The molecule has 2 aromatic rings. The van der Waals surface area contributed by atoms with E-state index in [2.05, 4.69) is 43.1 Å². The first-order valence-corrected chi connectivity index (χ1v) is 7.11. The molecule has 0 saturated heterocycles. The molecule has 1 amide bonds. The number of nitrogens with zero attached hydrogens (tertiary/aromatic N) is 3. The molecule has 1 N–H and O–H groups in total. The van der Waals surface area contributed by atoms with Crippen LogP contribution in [0.5, 0.6) is 0 Å². The fourth-order valence-corrected chi connectivity index (χ4v) is 3.07. The number of carbonyl (C=O) groups excluding carboxylic acids is 1. The fourth-order valence-electron chi connectivity index (χ4n) is 3.07. The Hall–Kier alpha value is -2.17. The molecule has 0 unspecified atom stereocenters. The van der Waals surface area contributed by atoms with Gasteiger partial charge in [0.25, 0.3) is 0 Å². The minimum absolute atomic E-state index is 0.0255. The molecule has 3 rings (SSSR count). The second-order valence-electron chi connectivity index (χ2n) is 6.72. The monoisotopic (exact) mass is 284 g/mol. The first-order chi connectivity index (χ1) is 9.84. The van der Waals surface area contributed by atoms with Crippen LogP contribution in [0.4, 0.5) is 5.82 Å². The predicted octanol–water partition coefficient (Wildman–Crippen LogP) is 2.89. The summed E-state index contributed by atoms with van der Waals surface area (Å²) in [6, 6.07) is 5.54. The molecular formula is C16H20N4O. The minimum Gasteiger partial charge on any atom is -0.310 e. The Morgan fingerprint density at radius 2 is 1.95 bits per heavy atom. The van der Waals surface area contributed by atoms with Crippen LogP contribution in [0.15, 0.2) is 36.8 Å². The van der Waals surface area contributed by atoms with E-state index in [1.807, 2.05) is 18.3 Å². The number of aromatic nitrogens is 3. The van der Waals surface area contributed by atoms with E-state index in [4.69, 9.17) is 0 Å². The van der Waals surface area contributed by atoms with Gasteiger partial charge in [0.2, 0.25) is 5.91 Å². The molecule has 1 saturated carbocycles. The molecular weight excluding hydrogens is 264 g/mol. The lowest BCUT2D eigenvalue weighted by Gasteiger charge is -2.07. The van der Waals surface area contributed by atoms with Gasteiger partial charge in [-0.2, -0.15) is 5.10 Å². The molecule has 5 nitrogen and oxygen atoms in total. The van der Waals surface area contributed by atoms with Gasteiger partial charge >= 0.3 is 0 Å². The molecule has 0 spiro atoms. The van der Waals surface area contributed by atoms with Crippen molar-refractivity contribution in [2.75, 3.05) is 5.32 Å².